The molecule has 3 rings (SSSR count). The summed E-state index contributed by atoms with van der Waals surface area (Å²) in [6, 6.07) is 13.9. The molecule has 0 aliphatic heterocycles. The Morgan fingerprint density at radius 2 is 1.90 bits per heavy atom. The lowest BCUT2D eigenvalue weighted by Crippen LogP contribution is -2.12. The van der Waals surface area contributed by atoms with Crippen LogP contribution in [0.25, 0.3) is 10.9 Å². The second-order valence-electron chi connectivity index (χ2n) is 4.91. The third-order valence-corrected chi connectivity index (χ3v) is 3.52. The molecule has 2 nitrogen and oxygen atoms in total. The molecule has 0 atom stereocenters. The van der Waals surface area contributed by atoms with Crippen molar-refractivity contribution in [1.29, 1.82) is 0 Å². The summed E-state index contributed by atoms with van der Waals surface area (Å²) in [5, 5.41) is 0.688. The number of H-pyrrole nitrogens is 1. The van der Waals surface area contributed by atoms with Gasteiger partial charge in [0.15, 0.2) is 5.43 Å². The third kappa shape index (κ3) is 2.23. The second kappa shape index (κ2) is 4.93. The third-order valence-electron chi connectivity index (χ3n) is 3.52. The lowest BCUT2D eigenvalue weighted by molar-refractivity contribution is 0.626. The Labute approximate surface area is 115 Å². The highest BCUT2D eigenvalue weighted by Gasteiger charge is 2.08. The van der Waals surface area contributed by atoms with Gasteiger partial charge in [-0.05, 0) is 36.8 Å². The van der Waals surface area contributed by atoms with E-state index in [1.165, 1.54) is 12.1 Å². The van der Waals surface area contributed by atoms with Crippen LogP contribution in [0.3, 0.4) is 0 Å². The van der Waals surface area contributed by atoms with Gasteiger partial charge in [-0.25, -0.2) is 4.39 Å². The molecule has 0 radical (unpaired) electrons. The van der Waals surface area contributed by atoms with Gasteiger partial charge in [0.1, 0.15) is 5.82 Å². The molecule has 0 aliphatic carbocycles. The zero-order valence-electron chi connectivity index (χ0n) is 11.1. The smallest absolute Gasteiger partial charge is 0.192 e. The number of fused-ring (bicyclic) bond motifs is 1. The zero-order chi connectivity index (χ0) is 14.1. The summed E-state index contributed by atoms with van der Waals surface area (Å²) in [5.41, 5.74) is 3.21. The van der Waals surface area contributed by atoms with Crippen LogP contribution in [0.4, 0.5) is 4.39 Å². The first-order chi connectivity index (χ1) is 9.65. The van der Waals surface area contributed by atoms with Crippen molar-refractivity contribution in [3.05, 3.63) is 81.4 Å². The van der Waals surface area contributed by atoms with Gasteiger partial charge in [-0.1, -0.05) is 24.3 Å². The fourth-order valence-electron chi connectivity index (χ4n) is 2.41. The molecule has 0 bridgehead atoms. The minimum atomic E-state index is -0.261. The maximum absolute atomic E-state index is 13.2. The summed E-state index contributed by atoms with van der Waals surface area (Å²) in [6.45, 7) is 1.81. The van der Waals surface area contributed by atoms with Gasteiger partial charge in [-0.2, -0.15) is 0 Å². The number of hydrogen-bond acceptors (Lipinski definition) is 1. The standard InChI is InChI=1S/C17H14FNO/c1-11-16(10-12-5-4-6-13(18)9-12)19-15-8-3-2-7-14(15)17(11)20/h2-9H,10H2,1H3,(H,19,20). The van der Waals surface area contributed by atoms with Crippen molar-refractivity contribution in [1.82, 2.24) is 4.98 Å². The Bertz CT molecular complexity index is 836. The molecule has 1 N–H and O–H groups in total. The minimum absolute atomic E-state index is 0.0331. The van der Waals surface area contributed by atoms with Crippen LogP contribution in [0.2, 0.25) is 0 Å². The predicted molar refractivity (Wildman–Crippen MR) is 78.5 cm³/mol. The Hall–Kier alpha value is -2.42. The van der Waals surface area contributed by atoms with E-state index in [2.05, 4.69) is 4.98 Å². The number of benzene rings is 2. The Kier molecular flexibility index (Phi) is 3.11. The number of pyridine rings is 1. The molecule has 3 aromatic rings. The minimum Gasteiger partial charge on any atom is -0.358 e. The number of nitrogens with one attached hydrogen (secondary N) is 1. The first-order valence-corrected chi connectivity index (χ1v) is 6.50. The molecular weight excluding hydrogens is 253 g/mol. The van der Waals surface area contributed by atoms with Crippen molar-refractivity contribution in [3.8, 4) is 0 Å². The maximum atomic E-state index is 13.2. The number of aromatic amines is 1. The molecule has 0 saturated carbocycles. The molecular formula is C17H14FNO. The fraction of sp³-hybridized carbons (Fsp3) is 0.118. The predicted octanol–water partition coefficient (Wildman–Crippen LogP) is 3.57. The van der Waals surface area contributed by atoms with Gasteiger partial charge in [0, 0.05) is 28.6 Å². The van der Waals surface area contributed by atoms with Crippen LogP contribution in [-0.2, 0) is 6.42 Å². The highest BCUT2D eigenvalue weighted by atomic mass is 19.1. The lowest BCUT2D eigenvalue weighted by atomic mass is 10.0. The van der Waals surface area contributed by atoms with E-state index in [1.807, 2.05) is 30.3 Å². The van der Waals surface area contributed by atoms with Gasteiger partial charge < -0.3 is 4.98 Å². The van der Waals surface area contributed by atoms with E-state index in [0.29, 0.717) is 17.4 Å². The molecule has 2 aromatic carbocycles. The van der Waals surface area contributed by atoms with E-state index in [-0.39, 0.29) is 11.2 Å². The molecule has 100 valence electrons. The molecule has 0 amide bonds. The normalized spacial score (nSPS) is 10.9. The summed E-state index contributed by atoms with van der Waals surface area (Å²) < 4.78 is 13.2. The fourth-order valence-corrected chi connectivity index (χ4v) is 2.41. The highest BCUT2D eigenvalue weighted by molar-refractivity contribution is 5.79. The van der Waals surface area contributed by atoms with E-state index >= 15 is 0 Å². The highest BCUT2D eigenvalue weighted by Crippen LogP contribution is 2.15. The van der Waals surface area contributed by atoms with Crippen LogP contribution in [-0.4, -0.2) is 4.98 Å². The van der Waals surface area contributed by atoms with Crippen LogP contribution in [0.1, 0.15) is 16.8 Å². The lowest BCUT2D eigenvalue weighted by Gasteiger charge is -2.08. The van der Waals surface area contributed by atoms with Gasteiger partial charge >= 0.3 is 0 Å². The Morgan fingerprint density at radius 3 is 2.70 bits per heavy atom. The van der Waals surface area contributed by atoms with E-state index in [1.54, 1.807) is 13.0 Å². The van der Waals surface area contributed by atoms with Crippen molar-refractivity contribution in [3.63, 3.8) is 0 Å². The van der Waals surface area contributed by atoms with Crippen molar-refractivity contribution in [2.24, 2.45) is 0 Å². The first-order valence-electron chi connectivity index (χ1n) is 6.50. The van der Waals surface area contributed by atoms with Crippen molar-refractivity contribution >= 4 is 10.9 Å². The number of hydrogen-bond donors (Lipinski definition) is 1. The quantitative estimate of drug-likeness (QED) is 0.756. The molecule has 20 heavy (non-hydrogen) atoms. The van der Waals surface area contributed by atoms with Crippen molar-refractivity contribution in [2.75, 3.05) is 0 Å². The number of rotatable bonds is 2. The summed E-state index contributed by atoms with van der Waals surface area (Å²) in [5.74, 6) is -0.261. The summed E-state index contributed by atoms with van der Waals surface area (Å²) in [4.78, 5) is 15.6. The average molecular weight is 267 g/mol. The summed E-state index contributed by atoms with van der Waals surface area (Å²) >= 11 is 0. The molecule has 1 heterocycles. The summed E-state index contributed by atoms with van der Waals surface area (Å²) in [6.07, 6.45) is 0.518. The van der Waals surface area contributed by atoms with Gasteiger partial charge in [0.2, 0.25) is 0 Å². The first kappa shape index (κ1) is 12.6. The Morgan fingerprint density at radius 1 is 1.10 bits per heavy atom. The molecule has 0 aliphatic rings. The number of aromatic nitrogens is 1. The van der Waals surface area contributed by atoms with Gasteiger partial charge in [-0.3, -0.25) is 4.79 Å². The number of halogens is 1. The molecule has 0 spiro atoms. The SMILES string of the molecule is Cc1c(Cc2cccc(F)c2)[nH]c2ccccc2c1=O. The van der Waals surface area contributed by atoms with Crippen molar-refractivity contribution in [2.45, 2.75) is 13.3 Å². The van der Waals surface area contributed by atoms with E-state index in [0.717, 1.165) is 16.8 Å². The Balaban J connectivity index is 2.12. The van der Waals surface area contributed by atoms with Crippen molar-refractivity contribution < 1.29 is 4.39 Å². The van der Waals surface area contributed by atoms with Crippen LogP contribution in [0.5, 0.6) is 0 Å². The summed E-state index contributed by atoms with van der Waals surface area (Å²) in [7, 11) is 0. The van der Waals surface area contributed by atoms with Gasteiger partial charge in [0.05, 0.1) is 0 Å². The van der Waals surface area contributed by atoms with Crippen LogP contribution >= 0.6 is 0 Å². The van der Waals surface area contributed by atoms with Gasteiger partial charge in [0.25, 0.3) is 0 Å². The van der Waals surface area contributed by atoms with Crippen LogP contribution in [0, 0.1) is 12.7 Å². The molecule has 1 aromatic heterocycles. The average Bonchev–Trinajstić information content (AvgIpc) is 2.45. The molecule has 3 heteroatoms. The monoisotopic (exact) mass is 267 g/mol. The molecule has 0 unspecified atom stereocenters. The van der Waals surface area contributed by atoms with E-state index in [9.17, 15) is 9.18 Å². The molecule has 0 saturated heterocycles. The number of para-hydroxylation sites is 1. The van der Waals surface area contributed by atoms with Crippen LogP contribution < -0.4 is 5.43 Å². The largest absolute Gasteiger partial charge is 0.358 e. The zero-order valence-corrected chi connectivity index (χ0v) is 11.1. The van der Waals surface area contributed by atoms with E-state index < -0.39 is 0 Å². The van der Waals surface area contributed by atoms with Crippen LogP contribution in [0.15, 0.2) is 53.3 Å². The van der Waals surface area contributed by atoms with E-state index in [4.69, 9.17) is 0 Å². The maximum Gasteiger partial charge on any atom is 0.192 e. The molecule has 0 fully saturated rings. The second-order valence-corrected chi connectivity index (χ2v) is 4.91. The van der Waals surface area contributed by atoms with Gasteiger partial charge in [-0.15, -0.1) is 0 Å². The topological polar surface area (TPSA) is 32.9 Å².